The Kier molecular flexibility index (Phi) is 9.25. The van der Waals surface area contributed by atoms with Crippen molar-refractivity contribution in [3.05, 3.63) is 94.4 Å². The van der Waals surface area contributed by atoms with Gasteiger partial charge in [-0.15, -0.1) is 9.78 Å². The number of aromatic nitrogens is 4. The third-order valence-electron chi connectivity index (χ3n) is 6.76. The zero-order valence-electron chi connectivity index (χ0n) is 24.2. The van der Waals surface area contributed by atoms with E-state index in [9.17, 15) is 9.59 Å². The summed E-state index contributed by atoms with van der Waals surface area (Å²) in [7, 11) is -1.28. The highest BCUT2D eigenvalue weighted by Gasteiger charge is 2.30. The van der Waals surface area contributed by atoms with Crippen molar-refractivity contribution < 1.29 is 18.7 Å². The Morgan fingerprint density at radius 1 is 0.976 bits per heavy atom. The van der Waals surface area contributed by atoms with Crippen molar-refractivity contribution in [3.63, 3.8) is 0 Å². The molecule has 4 aromatic rings. The molecule has 0 atom stereocenters. The zero-order chi connectivity index (χ0) is 29.5. The molecule has 0 fully saturated rings. The highest BCUT2D eigenvalue weighted by Crippen LogP contribution is 2.28. The lowest BCUT2D eigenvalue weighted by molar-refractivity contribution is -0.122. The average Bonchev–Trinajstić information content (AvgIpc) is 3.35. The fourth-order valence-electron chi connectivity index (χ4n) is 4.45. The first kappa shape index (κ1) is 29.4. The molecule has 5 rings (SSSR count). The van der Waals surface area contributed by atoms with E-state index in [1.807, 2.05) is 36.4 Å². The molecule has 1 aliphatic rings. The quantitative estimate of drug-likeness (QED) is 0.169. The Morgan fingerprint density at radius 3 is 2.29 bits per heavy atom. The molecular weight excluding hydrogens is 552 g/mol. The summed E-state index contributed by atoms with van der Waals surface area (Å²) in [6.07, 6.45) is 1.79. The van der Waals surface area contributed by atoms with Gasteiger partial charge in [0, 0.05) is 40.7 Å². The van der Waals surface area contributed by atoms with Crippen molar-refractivity contribution in [2.24, 2.45) is 0 Å². The van der Waals surface area contributed by atoms with Crippen molar-refractivity contribution in [3.8, 4) is 11.7 Å². The molecule has 3 heterocycles. The first-order valence-electron chi connectivity index (χ1n) is 14.0. The number of nitrogens with zero attached hydrogens (tertiary/aromatic N) is 6. The van der Waals surface area contributed by atoms with Crippen LogP contribution < -0.4 is 15.4 Å². The SMILES string of the molecule is C[Si](C)(C)CCOCN1C(=O)COc2ncc(-n3nc(CCN(Cc4ccccc4)Cc4ccccc4)oc3=O)nc21. The van der Waals surface area contributed by atoms with E-state index in [1.165, 1.54) is 22.2 Å². The van der Waals surface area contributed by atoms with Crippen molar-refractivity contribution in [2.45, 2.75) is 45.2 Å². The van der Waals surface area contributed by atoms with Gasteiger partial charge in [0.1, 0.15) is 6.73 Å². The fraction of sp³-hybridized carbons (Fsp3) is 0.367. The van der Waals surface area contributed by atoms with Gasteiger partial charge in [0.2, 0.25) is 11.7 Å². The van der Waals surface area contributed by atoms with Crippen LogP contribution in [0.3, 0.4) is 0 Å². The smallest absolute Gasteiger partial charge is 0.443 e. The molecule has 1 aliphatic heterocycles. The summed E-state index contributed by atoms with van der Waals surface area (Å²) in [6, 6.07) is 21.4. The molecule has 12 heteroatoms. The Balaban J connectivity index is 1.30. The Hall–Kier alpha value is -4.13. The molecule has 42 heavy (non-hydrogen) atoms. The molecule has 0 radical (unpaired) electrons. The number of hydrogen-bond acceptors (Lipinski definition) is 9. The van der Waals surface area contributed by atoms with Crippen LogP contribution in [0.4, 0.5) is 5.82 Å². The molecule has 11 nitrogen and oxygen atoms in total. The van der Waals surface area contributed by atoms with Gasteiger partial charge in [0.25, 0.3) is 11.8 Å². The molecule has 0 N–H and O–H groups in total. The highest BCUT2D eigenvalue weighted by atomic mass is 28.3. The maximum atomic E-state index is 12.8. The van der Waals surface area contributed by atoms with Crippen molar-refractivity contribution >= 4 is 19.8 Å². The highest BCUT2D eigenvalue weighted by molar-refractivity contribution is 6.76. The van der Waals surface area contributed by atoms with Gasteiger partial charge in [-0.05, 0) is 17.2 Å². The molecule has 0 saturated heterocycles. The number of benzene rings is 2. The zero-order valence-corrected chi connectivity index (χ0v) is 25.2. The summed E-state index contributed by atoms with van der Waals surface area (Å²) in [6.45, 7) is 9.28. The van der Waals surface area contributed by atoms with Gasteiger partial charge in [-0.25, -0.2) is 14.8 Å². The second kappa shape index (κ2) is 13.2. The maximum Gasteiger partial charge on any atom is 0.443 e. The van der Waals surface area contributed by atoms with E-state index < -0.39 is 13.8 Å². The van der Waals surface area contributed by atoms with Gasteiger partial charge >= 0.3 is 5.76 Å². The van der Waals surface area contributed by atoms with Crippen LogP contribution in [-0.2, 0) is 29.0 Å². The van der Waals surface area contributed by atoms with Crippen LogP contribution in [-0.4, -0.2) is 65.1 Å². The van der Waals surface area contributed by atoms with Crippen LogP contribution in [0.25, 0.3) is 5.82 Å². The minimum atomic E-state index is -1.28. The molecule has 0 saturated carbocycles. The van der Waals surface area contributed by atoms with Gasteiger partial charge in [-0.2, -0.15) is 0 Å². The summed E-state index contributed by atoms with van der Waals surface area (Å²) in [5.74, 6) is -0.189. The lowest BCUT2D eigenvalue weighted by Crippen LogP contribution is -2.41. The van der Waals surface area contributed by atoms with Gasteiger partial charge in [0.15, 0.2) is 12.4 Å². The Bertz CT molecular complexity index is 1500. The molecule has 0 spiro atoms. The van der Waals surface area contributed by atoms with E-state index in [0.717, 1.165) is 23.8 Å². The van der Waals surface area contributed by atoms with Crippen molar-refractivity contribution in [2.75, 3.05) is 31.4 Å². The van der Waals surface area contributed by atoms with Gasteiger partial charge < -0.3 is 13.9 Å². The topological polar surface area (TPSA) is 116 Å². The van der Waals surface area contributed by atoms with Gasteiger partial charge in [0.05, 0.1) is 6.20 Å². The minimum absolute atomic E-state index is 0.0232. The molecule has 1 amide bonds. The standard InChI is InChI=1S/C30H36N6O5Si/c1-42(2,3)17-16-39-22-35-27(37)21-40-29-28(35)32-25(18-31-29)36-30(38)41-26(33-36)14-15-34(19-23-10-6-4-7-11-23)20-24-12-8-5-9-13-24/h4-13,18H,14-17,19-22H2,1-3H3. The van der Waals surface area contributed by atoms with E-state index in [-0.39, 0.29) is 42.7 Å². The summed E-state index contributed by atoms with van der Waals surface area (Å²) in [5, 5.41) is 4.40. The number of hydrogen-bond donors (Lipinski definition) is 0. The van der Waals surface area contributed by atoms with Crippen molar-refractivity contribution in [1.29, 1.82) is 0 Å². The van der Waals surface area contributed by atoms with E-state index >= 15 is 0 Å². The fourth-order valence-corrected chi connectivity index (χ4v) is 5.20. The van der Waals surface area contributed by atoms with Crippen molar-refractivity contribution in [1.82, 2.24) is 24.6 Å². The van der Waals surface area contributed by atoms with Crippen LogP contribution >= 0.6 is 0 Å². The third kappa shape index (κ3) is 7.78. The summed E-state index contributed by atoms with van der Waals surface area (Å²) in [5.41, 5.74) is 2.38. The number of rotatable bonds is 13. The normalized spacial score (nSPS) is 13.3. The van der Waals surface area contributed by atoms with Crippen LogP contribution in [0.15, 0.2) is 76.1 Å². The molecule has 2 aromatic carbocycles. The molecule has 220 valence electrons. The summed E-state index contributed by atoms with van der Waals surface area (Å²) < 4.78 is 17.8. The Morgan fingerprint density at radius 2 is 1.64 bits per heavy atom. The Labute approximate surface area is 245 Å². The van der Waals surface area contributed by atoms with Crippen LogP contribution in [0.2, 0.25) is 25.7 Å². The number of carbonyl (C=O) groups is 1. The molecule has 0 bridgehead atoms. The van der Waals surface area contributed by atoms with Crippen LogP contribution in [0.5, 0.6) is 5.88 Å². The minimum Gasteiger partial charge on any atom is -0.465 e. The summed E-state index contributed by atoms with van der Waals surface area (Å²) >= 11 is 0. The molecular formula is C30H36N6O5Si. The third-order valence-corrected chi connectivity index (χ3v) is 8.47. The predicted octanol–water partition coefficient (Wildman–Crippen LogP) is 3.90. The maximum absolute atomic E-state index is 12.8. The molecule has 0 unspecified atom stereocenters. The first-order chi connectivity index (χ1) is 20.2. The molecule has 0 aliphatic carbocycles. The largest absolute Gasteiger partial charge is 0.465 e. The van der Waals surface area contributed by atoms with E-state index in [0.29, 0.717) is 19.6 Å². The number of ether oxygens (including phenoxy) is 2. The number of fused-ring (bicyclic) bond motifs is 1. The number of amides is 1. The van der Waals surface area contributed by atoms with E-state index in [1.54, 1.807) is 0 Å². The second-order valence-corrected chi connectivity index (χ2v) is 17.0. The second-order valence-electron chi connectivity index (χ2n) is 11.4. The average molecular weight is 589 g/mol. The lowest BCUT2D eigenvalue weighted by Gasteiger charge is -2.27. The molecule has 2 aromatic heterocycles. The van der Waals surface area contributed by atoms with Gasteiger partial charge in [-0.1, -0.05) is 80.3 Å². The number of anilines is 1. The van der Waals surface area contributed by atoms with E-state index in [2.05, 4.69) is 63.9 Å². The first-order valence-corrected chi connectivity index (χ1v) is 17.7. The van der Waals surface area contributed by atoms with Gasteiger partial charge in [-0.3, -0.25) is 14.6 Å². The van der Waals surface area contributed by atoms with E-state index in [4.69, 9.17) is 13.9 Å². The predicted molar refractivity (Wildman–Crippen MR) is 160 cm³/mol. The van der Waals surface area contributed by atoms with Crippen LogP contribution in [0, 0.1) is 0 Å². The van der Waals surface area contributed by atoms with Crippen LogP contribution in [0.1, 0.15) is 17.0 Å². The number of carbonyl (C=O) groups excluding carboxylic acids is 1. The lowest BCUT2D eigenvalue weighted by atomic mass is 10.1. The monoisotopic (exact) mass is 588 g/mol. The summed E-state index contributed by atoms with van der Waals surface area (Å²) in [4.78, 5) is 37.9.